The van der Waals surface area contributed by atoms with Crippen LogP contribution < -0.4 is 15.5 Å². The third-order valence-corrected chi connectivity index (χ3v) is 6.79. The van der Waals surface area contributed by atoms with E-state index in [0.717, 1.165) is 53.9 Å². The Balaban J connectivity index is 1.46. The fraction of sp³-hybridized carbons (Fsp3) is 0.414. The van der Waals surface area contributed by atoms with E-state index in [-0.39, 0.29) is 23.4 Å². The number of hydrogen-bond donors (Lipinski definition) is 2. The van der Waals surface area contributed by atoms with Gasteiger partial charge in [0.05, 0.1) is 23.6 Å². The molecule has 1 aliphatic rings. The van der Waals surface area contributed by atoms with E-state index in [1.54, 1.807) is 24.0 Å². The number of benzene rings is 1. The molecule has 200 valence electrons. The number of rotatable bonds is 7. The molecule has 4 rings (SSSR count). The quantitative estimate of drug-likeness (QED) is 0.461. The summed E-state index contributed by atoms with van der Waals surface area (Å²) in [5, 5.41) is 14.1. The SMILES string of the molecule is C=C(C)C(=O)NC1CCCN(c2cnccc2-c2ccc(CNC(=O)c3cn(C(C)(C)C)nn3)c(C)c2)C1. The van der Waals surface area contributed by atoms with E-state index in [2.05, 4.69) is 49.5 Å². The minimum Gasteiger partial charge on any atom is -0.368 e. The molecular formula is C29H37N7O2. The first kappa shape index (κ1) is 27.0. The first-order valence-corrected chi connectivity index (χ1v) is 13.0. The Bertz CT molecular complexity index is 1340. The number of carbonyl (C=O) groups is 2. The maximum Gasteiger partial charge on any atom is 0.273 e. The number of aryl methyl sites for hydroxylation is 1. The lowest BCUT2D eigenvalue weighted by Crippen LogP contribution is -2.48. The Labute approximate surface area is 224 Å². The number of aromatic nitrogens is 4. The van der Waals surface area contributed by atoms with Crippen LogP contribution in [0.25, 0.3) is 11.1 Å². The van der Waals surface area contributed by atoms with Gasteiger partial charge < -0.3 is 15.5 Å². The molecule has 0 saturated carbocycles. The van der Waals surface area contributed by atoms with Gasteiger partial charge in [-0.15, -0.1) is 5.10 Å². The topological polar surface area (TPSA) is 105 Å². The van der Waals surface area contributed by atoms with Crippen LogP contribution in [0.1, 0.15) is 62.2 Å². The molecule has 9 heteroatoms. The van der Waals surface area contributed by atoms with Gasteiger partial charge in [0.25, 0.3) is 5.91 Å². The van der Waals surface area contributed by atoms with Gasteiger partial charge in [-0.1, -0.05) is 30.0 Å². The second-order valence-electron chi connectivity index (χ2n) is 11.0. The van der Waals surface area contributed by atoms with Crippen molar-refractivity contribution in [2.75, 3.05) is 18.0 Å². The number of nitrogens with one attached hydrogen (secondary N) is 2. The highest BCUT2D eigenvalue weighted by atomic mass is 16.2. The van der Waals surface area contributed by atoms with Crippen molar-refractivity contribution in [3.63, 3.8) is 0 Å². The molecule has 0 spiro atoms. The Morgan fingerprint density at radius 2 is 2.00 bits per heavy atom. The molecule has 9 nitrogen and oxygen atoms in total. The summed E-state index contributed by atoms with van der Waals surface area (Å²) in [7, 11) is 0. The number of piperidine rings is 1. The summed E-state index contributed by atoms with van der Waals surface area (Å²) in [6.07, 6.45) is 7.29. The third kappa shape index (κ3) is 6.27. The van der Waals surface area contributed by atoms with Crippen molar-refractivity contribution >= 4 is 17.5 Å². The summed E-state index contributed by atoms with van der Waals surface area (Å²) in [5.74, 6) is -0.348. The second-order valence-corrected chi connectivity index (χ2v) is 11.0. The standard InChI is InChI=1S/C29H37N7O2/c1-19(2)27(37)32-23-8-7-13-35(17-23)26-16-30-12-11-24(26)21-9-10-22(20(3)14-21)15-31-28(38)25-18-36(34-33-25)29(4,5)6/h9-12,14,16,18,23H,1,7-8,13,15,17H2,2-6H3,(H,31,38)(H,32,37). The molecule has 2 aromatic heterocycles. The van der Waals surface area contributed by atoms with Gasteiger partial charge in [0.15, 0.2) is 5.69 Å². The number of pyridine rings is 1. The van der Waals surface area contributed by atoms with E-state index in [1.165, 1.54) is 0 Å². The molecule has 38 heavy (non-hydrogen) atoms. The Morgan fingerprint density at radius 1 is 1.21 bits per heavy atom. The van der Waals surface area contributed by atoms with E-state index in [1.807, 2.05) is 46.0 Å². The van der Waals surface area contributed by atoms with Crippen LogP contribution in [0.2, 0.25) is 0 Å². The third-order valence-electron chi connectivity index (χ3n) is 6.79. The fourth-order valence-corrected chi connectivity index (χ4v) is 4.53. The molecule has 1 aliphatic heterocycles. The largest absolute Gasteiger partial charge is 0.368 e. The van der Waals surface area contributed by atoms with Crippen molar-refractivity contribution in [1.82, 2.24) is 30.6 Å². The van der Waals surface area contributed by atoms with Gasteiger partial charge in [-0.3, -0.25) is 14.6 Å². The van der Waals surface area contributed by atoms with Crippen LogP contribution in [0, 0.1) is 6.92 Å². The van der Waals surface area contributed by atoms with E-state index in [4.69, 9.17) is 0 Å². The van der Waals surface area contributed by atoms with Crippen LogP contribution in [0.3, 0.4) is 0 Å². The zero-order valence-corrected chi connectivity index (χ0v) is 22.9. The zero-order valence-electron chi connectivity index (χ0n) is 22.9. The lowest BCUT2D eigenvalue weighted by Gasteiger charge is -2.35. The van der Waals surface area contributed by atoms with Crippen LogP contribution >= 0.6 is 0 Å². The molecule has 3 aromatic rings. The number of amides is 2. The van der Waals surface area contributed by atoms with Gasteiger partial charge in [-0.05, 0) is 70.2 Å². The normalized spacial score (nSPS) is 15.7. The van der Waals surface area contributed by atoms with Gasteiger partial charge in [0, 0.05) is 43.0 Å². The van der Waals surface area contributed by atoms with Gasteiger partial charge in [0.2, 0.25) is 5.91 Å². The lowest BCUT2D eigenvalue weighted by atomic mass is 9.97. The highest BCUT2D eigenvalue weighted by molar-refractivity contribution is 5.92. The van der Waals surface area contributed by atoms with E-state index < -0.39 is 0 Å². The van der Waals surface area contributed by atoms with Gasteiger partial charge in [-0.25, -0.2) is 4.68 Å². The first-order chi connectivity index (χ1) is 18.0. The minimum atomic E-state index is -0.251. The van der Waals surface area contributed by atoms with E-state index >= 15 is 0 Å². The van der Waals surface area contributed by atoms with Crippen molar-refractivity contribution in [2.45, 2.75) is 65.6 Å². The van der Waals surface area contributed by atoms with Crippen LogP contribution in [0.5, 0.6) is 0 Å². The summed E-state index contributed by atoms with van der Waals surface area (Å²) in [5.41, 5.74) is 5.90. The smallest absolute Gasteiger partial charge is 0.273 e. The number of anilines is 1. The Morgan fingerprint density at radius 3 is 2.68 bits per heavy atom. The van der Waals surface area contributed by atoms with Crippen molar-refractivity contribution in [3.8, 4) is 11.1 Å². The number of nitrogens with zero attached hydrogens (tertiary/aromatic N) is 5. The van der Waals surface area contributed by atoms with Gasteiger partial charge in [-0.2, -0.15) is 0 Å². The average molecular weight is 516 g/mol. The maximum atomic E-state index is 12.6. The summed E-state index contributed by atoms with van der Waals surface area (Å²) >= 11 is 0. The molecule has 0 radical (unpaired) electrons. The van der Waals surface area contributed by atoms with Gasteiger partial charge in [0.1, 0.15) is 0 Å². The highest BCUT2D eigenvalue weighted by Crippen LogP contribution is 2.33. The van der Waals surface area contributed by atoms with E-state index in [0.29, 0.717) is 17.8 Å². The monoisotopic (exact) mass is 515 g/mol. The lowest BCUT2D eigenvalue weighted by molar-refractivity contribution is -0.118. The predicted molar refractivity (Wildman–Crippen MR) is 149 cm³/mol. The first-order valence-electron chi connectivity index (χ1n) is 13.0. The van der Waals surface area contributed by atoms with Crippen molar-refractivity contribution in [3.05, 3.63) is 71.8 Å². The molecule has 3 heterocycles. The molecule has 2 amide bonds. The minimum absolute atomic E-state index is 0.0683. The number of carbonyl (C=O) groups excluding carboxylic acids is 2. The average Bonchev–Trinajstić information content (AvgIpc) is 3.39. The fourth-order valence-electron chi connectivity index (χ4n) is 4.53. The van der Waals surface area contributed by atoms with Crippen molar-refractivity contribution < 1.29 is 9.59 Å². The second kappa shape index (κ2) is 11.2. The molecule has 1 unspecified atom stereocenters. The molecular weight excluding hydrogens is 478 g/mol. The summed E-state index contributed by atoms with van der Waals surface area (Å²) < 4.78 is 1.69. The molecule has 0 bridgehead atoms. The Hall–Kier alpha value is -4.01. The van der Waals surface area contributed by atoms with E-state index in [9.17, 15) is 9.59 Å². The van der Waals surface area contributed by atoms with Gasteiger partial charge >= 0.3 is 0 Å². The van der Waals surface area contributed by atoms with Crippen molar-refractivity contribution in [2.24, 2.45) is 0 Å². The van der Waals surface area contributed by atoms with Crippen LogP contribution in [0.4, 0.5) is 5.69 Å². The summed E-state index contributed by atoms with van der Waals surface area (Å²) in [6.45, 7) is 15.6. The maximum absolute atomic E-state index is 12.6. The predicted octanol–water partition coefficient (Wildman–Crippen LogP) is 3.99. The van der Waals surface area contributed by atoms with Crippen molar-refractivity contribution in [1.29, 1.82) is 0 Å². The zero-order chi connectivity index (χ0) is 27.4. The number of hydrogen-bond acceptors (Lipinski definition) is 6. The summed E-state index contributed by atoms with van der Waals surface area (Å²) in [4.78, 5) is 31.5. The Kier molecular flexibility index (Phi) is 7.94. The highest BCUT2D eigenvalue weighted by Gasteiger charge is 2.24. The molecule has 1 aromatic carbocycles. The molecule has 0 aliphatic carbocycles. The molecule has 2 N–H and O–H groups in total. The van der Waals surface area contributed by atoms with Crippen LogP contribution in [-0.4, -0.2) is 50.9 Å². The molecule has 1 saturated heterocycles. The summed E-state index contributed by atoms with van der Waals surface area (Å²) in [6, 6.07) is 8.36. The van der Waals surface area contributed by atoms with Crippen LogP contribution in [-0.2, 0) is 16.9 Å². The molecule has 1 fully saturated rings. The molecule has 1 atom stereocenters. The van der Waals surface area contributed by atoms with Crippen LogP contribution in [0.15, 0.2) is 55.0 Å².